The van der Waals surface area contributed by atoms with E-state index in [0.29, 0.717) is 16.6 Å². The number of carbonyl (C=O) groups is 1. The van der Waals surface area contributed by atoms with Crippen LogP contribution in [-0.2, 0) is 6.54 Å². The van der Waals surface area contributed by atoms with E-state index in [0.717, 1.165) is 37.9 Å². The average Bonchev–Trinajstić information content (AvgIpc) is 3.14. The van der Waals surface area contributed by atoms with E-state index in [2.05, 4.69) is 16.4 Å². The molecular formula is C21H17ClN2O2S. The minimum absolute atomic E-state index is 0.121. The molecule has 136 valence electrons. The highest BCUT2D eigenvalue weighted by Crippen LogP contribution is 2.36. The number of amides is 1. The van der Waals surface area contributed by atoms with E-state index in [9.17, 15) is 4.79 Å². The molecule has 0 atom stereocenters. The maximum absolute atomic E-state index is 12.6. The Kier molecular flexibility index (Phi) is 4.72. The van der Waals surface area contributed by atoms with Gasteiger partial charge < -0.3 is 10.1 Å². The van der Waals surface area contributed by atoms with E-state index in [1.165, 1.54) is 11.3 Å². The second-order valence-electron chi connectivity index (χ2n) is 6.31. The van der Waals surface area contributed by atoms with Crippen molar-refractivity contribution in [3.63, 3.8) is 0 Å². The molecule has 0 aliphatic heterocycles. The van der Waals surface area contributed by atoms with Crippen LogP contribution < -0.4 is 10.1 Å². The standard InChI is InChI=1S/C21H17ClN2O2S/c1-12-3-8-17-15(9-12)19-16(20(22)24-17)10-18(27-19)21(25)23-11-13-4-6-14(26-2)7-5-13/h3-10H,11H2,1-2H3,(H,23,25). The highest BCUT2D eigenvalue weighted by Gasteiger charge is 2.15. The summed E-state index contributed by atoms with van der Waals surface area (Å²) in [5.74, 6) is 0.669. The molecular weight excluding hydrogens is 380 g/mol. The van der Waals surface area contributed by atoms with Crippen molar-refractivity contribution >= 4 is 49.8 Å². The minimum atomic E-state index is -0.121. The zero-order valence-corrected chi connectivity index (χ0v) is 16.4. The van der Waals surface area contributed by atoms with Crippen LogP contribution in [0.4, 0.5) is 0 Å². The summed E-state index contributed by atoms with van der Waals surface area (Å²) >= 11 is 7.79. The number of hydrogen-bond donors (Lipinski definition) is 1. The molecule has 2 aromatic heterocycles. The van der Waals surface area contributed by atoms with Gasteiger partial charge in [-0.25, -0.2) is 4.98 Å². The topological polar surface area (TPSA) is 51.2 Å². The first kappa shape index (κ1) is 17.8. The SMILES string of the molecule is COc1ccc(CNC(=O)c2cc3c(Cl)nc4ccc(C)cc4c3s2)cc1. The van der Waals surface area contributed by atoms with Gasteiger partial charge >= 0.3 is 0 Å². The van der Waals surface area contributed by atoms with Gasteiger partial charge in [0.1, 0.15) is 10.9 Å². The molecule has 1 amide bonds. The van der Waals surface area contributed by atoms with Crippen molar-refractivity contribution in [1.29, 1.82) is 0 Å². The molecule has 4 rings (SSSR count). The van der Waals surface area contributed by atoms with Crippen LogP contribution in [0.1, 0.15) is 20.8 Å². The lowest BCUT2D eigenvalue weighted by molar-refractivity contribution is 0.0955. The quantitative estimate of drug-likeness (QED) is 0.473. The molecule has 0 spiro atoms. The molecule has 0 unspecified atom stereocenters. The molecule has 0 bridgehead atoms. The van der Waals surface area contributed by atoms with Crippen LogP contribution in [0.25, 0.3) is 21.0 Å². The Morgan fingerprint density at radius 3 is 2.67 bits per heavy atom. The number of carbonyl (C=O) groups excluding carboxylic acids is 1. The number of aromatic nitrogens is 1. The van der Waals surface area contributed by atoms with Gasteiger partial charge in [0.05, 0.1) is 17.5 Å². The van der Waals surface area contributed by atoms with E-state index < -0.39 is 0 Å². The first-order valence-corrected chi connectivity index (χ1v) is 9.65. The molecule has 27 heavy (non-hydrogen) atoms. The molecule has 0 aliphatic rings. The molecule has 0 radical (unpaired) electrons. The third kappa shape index (κ3) is 3.48. The fraction of sp³-hybridized carbons (Fsp3) is 0.143. The Hall–Kier alpha value is -2.63. The Morgan fingerprint density at radius 2 is 1.93 bits per heavy atom. The number of halogens is 1. The number of aryl methyl sites for hydroxylation is 1. The van der Waals surface area contributed by atoms with Crippen molar-refractivity contribution in [2.24, 2.45) is 0 Å². The first-order chi connectivity index (χ1) is 13.0. The largest absolute Gasteiger partial charge is 0.497 e. The van der Waals surface area contributed by atoms with E-state index in [4.69, 9.17) is 16.3 Å². The fourth-order valence-corrected chi connectivity index (χ4v) is 4.36. The number of ether oxygens (including phenoxy) is 1. The Bertz CT molecular complexity index is 1150. The summed E-state index contributed by atoms with van der Waals surface area (Å²) in [4.78, 5) is 17.7. The van der Waals surface area contributed by atoms with Gasteiger partial charge in [0.25, 0.3) is 5.91 Å². The second-order valence-corrected chi connectivity index (χ2v) is 7.72. The lowest BCUT2D eigenvalue weighted by atomic mass is 10.1. The molecule has 0 fully saturated rings. The number of thiophene rings is 1. The zero-order chi connectivity index (χ0) is 19.0. The van der Waals surface area contributed by atoms with E-state index in [1.807, 2.05) is 49.4 Å². The number of benzene rings is 2. The molecule has 4 nitrogen and oxygen atoms in total. The highest BCUT2D eigenvalue weighted by atomic mass is 35.5. The van der Waals surface area contributed by atoms with Crippen LogP contribution >= 0.6 is 22.9 Å². The molecule has 2 aromatic carbocycles. The van der Waals surface area contributed by atoms with E-state index in [1.54, 1.807) is 7.11 Å². The van der Waals surface area contributed by atoms with Crippen molar-refractivity contribution in [2.45, 2.75) is 13.5 Å². The number of fused-ring (bicyclic) bond motifs is 3. The number of pyridine rings is 1. The first-order valence-electron chi connectivity index (χ1n) is 8.45. The Morgan fingerprint density at radius 1 is 1.15 bits per heavy atom. The summed E-state index contributed by atoms with van der Waals surface area (Å²) < 4.78 is 6.14. The number of hydrogen-bond acceptors (Lipinski definition) is 4. The second kappa shape index (κ2) is 7.18. The van der Waals surface area contributed by atoms with Gasteiger partial charge in [0.2, 0.25) is 0 Å². The number of nitrogens with zero attached hydrogens (tertiary/aromatic N) is 1. The lowest BCUT2D eigenvalue weighted by Gasteiger charge is -2.05. The van der Waals surface area contributed by atoms with Gasteiger partial charge in [-0.15, -0.1) is 11.3 Å². The molecule has 4 aromatic rings. The summed E-state index contributed by atoms with van der Waals surface area (Å²) in [6.07, 6.45) is 0. The minimum Gasteiger partial charge on any atom is -0.497 e. The summed E-state index contributed by atoms with van der Waals surface area (Å²) in [6, 6.07) is 15.5. The van der Waals surface area contributed by atoms with Crippen molar-refractivity contribution in [2.75, 3.05) is 7.11 Å². The van der Waals surface area contributed by atoms with Crippen LogP contribution in [0.5, 0.6) is 5.75 Å². The molecule has 2 heterocycles. The molecule has 1 N–H and O–H groups in total. The number of nitrogens with one attached hydrogen (secondary N) is 1. The molecule has 0 saturated heterocycles. The maximum Gasteiger partial charge on any atom is 0.261 e. The summed E-state index contributed by atoms with van der Waals surface area (Å²) in [5, 5.41) is 5.22. The smallest absolute Gasteiger partial charge is 0.261 e. The van der Waals surface area contributed by atoms with Gasteiger partial charge in [0.15, 0.2) is 0 Å². The van der Waals surface area contributed by atoms with Gasteiger partial charge in [0, 0.05) is 22.0 Å². The van der Waals surface area contributed by atoms with Gasteiger partial charge in [-0.3, -0.25) is 4.79 Å². The monoisotopic (exact) mass is 396 g/mol. The van der Waals surface area contributed by atoms with Gasteiger partial charge in [-0.05, 0) is 42.8 Å². The van der Waals surface area contributed by atoms with Crippen LogP contribution in [0.15, 0.2) is 48.5 Å². The predicted octanol–water partition coefficient (Wildman–Crippen LogP) is 5.35. The normalized spacial score (nSPS) is 11.1. The summed E-state index contributed by atoms with van der Waals surface area (Å²) in [6.45, 7) is 2.48. The number of rotatable bonds is 4. The average molecular weight is 397 g/mol. The third-order valence-corrected chi connectivity index (χ3v) is 5.86. The Balaban J connectivity index is 1.62. The third-order valence-electron chi connectivity index (χ3n) is 4.41. The molecule has 0 saturated carbocycles. The van der Waals surface area contributed by atoms with Gasteiger partial charge in [-0.2, -0.15) is 0 Å². The summed E-state index contributed by atoms with van der Waals surface area (Å²) in [5.41, 5.74) is 2.99. The maximum atomic E-state index is 12.6. The lowest BCUT2D eigenvalue weighted by Crippen LogP contribution is -2.21. The van der Waals surface area contributed by atoms with Crippen LogP contribution in [0, 0.1) is 6.92 Å². The van der Waals surface area contributed by atoms with E-state index >= 15 is 0 Å². The zero-order valence-electron chi connectivity index (χ0n) is 14.9. The highest BCUT2D eigenvalue weighted by molar-refractivity contribution is 7.21. The van der Waals surface area contributed by atoms with Crippen molar-refractivity contribution in [3.8, 4) is 5.75 Å². The van der Waals surface area contributed by atoms with Crippen LogP contribution in [0.3, 0.4) is 0 Å². The van der Waals surface area contributed by atoms with Crippen molar-refractivity contribution < 1.29 is 9.53 Å². The molecule has 6 heteroatoms. The molecule has 0 aliphatic carbocycles. The fourth-order valence-electron chi connectivity index (χ4n) is 2.96. The van der Waals surface area contributed by atoms with Gasteiger partial charge in [-0.1, -0.05) is 35.4 Å². The Labute approximate surface area is 165 Å². The van der Waals surface area contributed by atoms with Crippen molar-refractivity contribution in [3.05, 3.63) is 69.7 Å². The predicted molar refractivity (Wildman–Crippen MR) is 111 cm³/mol. The van der Waals surface area contributed by atoms with E-state index in [-0.39, 0.29) is 5.91 Å². The summed E-state index contributed by atoms with van der Waals surface area (Å²) in [7, 11) is 1.63. The number of methoxy groups -OCH3 is 1. The van der Waals surface area contributed by atoms with Crippen LogP contribution in [-0.4, -0.2) is 18.0 Å². The van der Waals surface area contributed by atoms with Crippen LogP contribution in [0.2, 0.25) is 5.15 Å². The van der Waals surface area contributed by atoms with Crippen molar-refractivity contribution in [1.82, 2.24) is 10.3 Å².